The molecule has 138 valence electrons. The Labute approximate surface area is 154 Å². The monoisotopic (exact) mass is 355 g/mol. The minimum atomic E-state index is 0.0117. The number of likely N-dealkylation sites (tertiary alicyclic amines) is 1. The van der Waals surface area contributed by atoms with Crippen molar-refractivity contribution in [3.8, 4) is 5.75 Å². The third-order valence-electron chi connectivity index (χ3n) is 4.58. The van der Waals surface area contributed by atoms with E-state index in [1.165, 1.54) is 0 Å². The predicted molar refractivity (Wildman–Crippen MR) is 98.0 cm³/mol. The van der Waals surface area contributed by atoms with Gasteiger partial charge in [-0.2, -0.15) is 0 Å². The Kier molecular flexibility index (Phi) is 6.17. The molecule has 6 nitrogen and oxygen atoms in total. The van der Waals surface area contributed by atoms with Crippen LogP contribution in [0.2, 0.25) is 0 Å². The average Bonchev–Trinajstić information content (AvgIpc) is 2.68. The van der Waals surface area contributed by atoms with Gasteiger partial charge in [-0.1, -0.05) is 18.2 Å². The molecule has 1 aliphatic heterocycles. The van der Waals surface area contributed by atoms with Crippen LogP contribution >= 0.6 is 0 Å². The number of ether oxygens (including phenoxy) is 2. The lowest BCUT2D eigenvalue weighted by atomic mass is 9.92. The first-order valence-electron chi connectivity index (χ1n) is 8.94. The maximum Gasteiger partial charge on any atom is 0.260 e. The second-order valence-corrected chi connectivity index (χ2v) is 6.54. The number of amides is 1. The highest BCUT2D eigenvalue weighted by molar-refractivity contribution is 5.78. The Morgan fingerprint density at radius 3 is 2.88 bits per heavy atom. The quantitative estimate of drug-likeness (QED) is 0.797. The fraction of sp³-hybridized carbons (Fsp3) is 0.450. The van der Waals surface area contributed by atoms with Crippen LogP contribution in [0.15, 0.2) is 36.5 Å². The lowest BCUT2D eigenvalue weighted by molar-refractivity contribution is -0.134. The molecule has 0 N–H and O–H groups in total. The van der Waals surface area contributed by atoms with E-state index in [2.05, 4.69) is 9.97 Å². The highest BCUT2D eigenvalue weighted by Crippen LogP contribution is 2.28. The van der Waals surface area contributed by atoms with E-state index in [0.29, 0.717) is 18.9 Å². The largest absolute Gasteiger partial charge is 0.484 e. The van der Waals surface area contributed by atoms with Gasteiger partial charge in [-0.05, 0) is 31.9 Å². The summed E-state index contributed by atoms with van der Waals surface area (Å²) in [6, 6.07) is 9.42. The minimum Gasteiger partial charge on any atom is -0.484 e. The second kappa shape index (κ2) is 8.76. The average molecular weight is 355 g/mol. The van der Waals surface area contributed by atoms with Gasteiger partial charge in [0.25, 0.3) is 5.91 Å². The number of benzene rings is 1. The van der Waals surface area contributed by atoms with Crippen LogP contribution in [0.4, 0.5) is 0 Å². The van der Waals surface area contributed by atoms with Gasteiger partial charge in [0.05, 0.1) is 12.3 Å². The molecule has 1 fully saturated rings. The Hall–Kier alpha value is -2.47. The van der Waals surface area contributed by atoms with Crippen molar-refractivity contribution < 1.29 is 14.3 Å². The van der Waals surface area contributed by atoms with Crippen LogP contribution in [0, 0.1) is 6.92 Å². The van der Waals surface area contributed by atoms with Gasteiger partial charge in [0, 0.05) is 37.9 Å². The number of methoxy groups -OCH3 is 1. The number of nitrogens with zero attached hydrogens (tertiary/aromatic N) is 3. The maximum absolute atomic E-state index is 12.6. The van der Waals surface area contributed by atoms with E-state index in [1.807, 2.05) is 48.4 Å². The summed E-state index contributed by atoms with van der Waals surface area (Å²) >= 11 is 0. The number of rotatable bonds is 6. The molecule has 0 radical (unpaired) electrons. The zero-order valence-electron chi connectivity index (χ0n) is 15.4. The molecule has 0 aliphatic carbocycles. The number of carbonyl (C=O) groups excluding carboxylic acids is 1. The molecule has 26 heavy (non-hydrogen) atoms. The molecule has 1 aromatic heterocycles. The summed E-state index contributed by atoms with van der Waals surface area (Å²) in [5, 5.41) is 0. The Bertz CT molecular complexity index is 736. The summed E-state index contributed by atoms with van der Waals surface area (Å²) < 4.78 is 10.9. The zero-order valence-corrected chi connectivity index (χ0v) is 15.4. The van der Waals surface area contributed by atoms with E-state index in [0.717, 1.165) is 36.5 Å². The van der Waals surface area contributed by atoms with E-state index in [-0.39, 0.29) is 18.4 Å². The summed E-state index contributed by atoms with van der Waals surface area (Å²) in [4.78, 5) is 23.4. The molecule has 1 atom stereocenters. The van der Waals surface area contributed by atoms with Crippen LogP contribution in [0.5, 0.6) is 5.75 Å². The molecule has 0 bridgehead atoms. The summed E-state index contributed by atoms with van der Waals surface area (Å²) in [6.45, 7) is 3.85. The van der Waals surface area contributed by atoms with E-state index in [9.17, 15) is 4.79 Å². The fourth-order valence-electron chi connectivity index (χ4n) is 3.31. The van der Waals surface area contributed by atoms with E-state index < -0.39 is 0 Å². The lowest BCUT2D eigenvalue weighted by Gasteiger charge is -2.33. The first-order valence-corrected chi connectivity index (χ1v) is 8.94. The highest BCUT2D eigenvalue weighted by Gasteiger charge is 2.27. The van der Waals surface area contributed by atoms with Gasteiger partial charge < -0.3 is 14.4 Å². The summed E-state index contributed by atoms with van der Waals surface area (Å²) in [7, 11) is 1.67. The van der Waals surface area contributed by atoms with Crippen molar-refractivity contribution in [2.24, 2.45) is 0 Å². The number of para-hydroxylation sites is 1. The van der Waals surface area contributed by atoms with Crippen molar-refractivity contribution in [3.63, 3.8) is 0 Å². The number of piperidine rings is 1. The number of hydrogen-bond donors (Lipinski definition) is 0. The fourth-order valence-corrected chi connectivity index (χ4v) is 3.31. The molecule has 1 aromatic carbocycles. The number of aromatic nitrogens is 2. The topological polar surface area (TPSA) is 64.6 Å². The molecule has 1 saturated heterocycles. The van der Waals surface area contributed by atoms with Crippen molar-refractivity contribution in [2.75, 3.05) is 26.8 Å². The Balaban J connectivity index is 1.65. The second-order valence-electron chi connectivity index (χ2n) is 6.54. The van der Waals surface area contributed by atoms with Gasteiger partial charge in [-0.25, -0.2) is 9.97 Å². The van der Waals surface area contributed by atoms with Crippen LogP contribution in [0.1, 0.15) is 35.8 Å². The number of aryl methyl sites for hydroxylation is 1. The molecule has 2 aromatic rings. The summed E-state index contributed by atoms with van der Waals surface area (Å²) in [5.41, 5.74) is 2.00. The van der Waals surface area contributed by atoms with E-state index in [4.69, 9.17) is 9.47 Å². The number of hydrogen-bond acceptors (Lipinski definition) is 5. The van der Waals surface area contributed by atoms with Crippen LogP contribution < -0.4 is 4.74 Å². The van der Waals surface area contributed by atoms with Gasteiger partial charge in [0.2, 0.25) is 0 Å². The van der Waals surface area contributed by atoms with Crippen LogP contribution in [0.3, 0.4) is 0 Å². The van der Waals surface area contributed by atoms with Gasteiger partial charge in [-0.3, -0.25) is 4.79 Å². The molecule has 0 saturated carbocycles. The summed E-state index contributed by atoms with van der Waals surface area (Å²) in [6.07, 6.45) is 3.80. The van der Waals surface area contributed by atoms with Crippen molar-refractivity contribution in [1.29, 1.82) is 0 Å². The molecular formula is C20H25N3O3. The predicted octanol–water partition coefficient (Wildman–Crippen LogP) is 2.72. The molecule has 0 spiro atoms. The Morgan fingerprint density at radius 2 is 2.12 bits per heavy atom. The maximum atomic E-state index is 12.6. The summed E-state index contributed by atoms with van der Waals surface area (Å²) in [5.74, 6) is 1.67. The normalized spacial score (nSPS) is 17.2. The molecule has 6 heteroatoms. The third-order valence-corrected chi connectivity index (χ3v) is 4.58. The molecule has 2 heterocycles. The standard InChI is InChI=1S/C20H25N3O3/c1-15-21-11-17(13-25-2)20(22-15)16-7-6-10-23(12-16)19(24)14-26-18-8-4-3-5-9-18/h3-5,8-9,11,16H,6-7,10,12-14H2,1-2H3. The van der Waals surface area contributed by atoms with Gasteiger partial charge in [0.15, 0.2) is 6.61 Å². The third kappa shape index (κ3) is 4.58. The van der Waals surface area contributed by atoms with E-state index >= 15 is 0 Å². The number of carbonyl (C=O) groups is 1. The van der Waals surface area contributed by atoms with Gasteiger partial charge >= 0.3 is 0 Å². The molecule has 1 unspecified atom stereocenters. The minimum absolute atomic E-state index is 0.0117. The lowest BCUT2D eigenvalue weighted by Crippen LogP contribution is -2.42. The molecular weight excluding hydrogens is 330 g/mol. The first kappa shape index (κ1) is 18.3. The molecule has 3 rings (SSSR count). The van der Waals surface area contributed by atoms with Gasteiger partial charge in [-0.15, -0.1) is 0 Å². The zero-order chi connectivity index (χ0) is 18.4. The van der Waals surface area contributed by atoms with Crippen LogP contribution in [-0.2, 0) is 16.1 Å². The van der Waals surface area contributed by atoms with Crippen LogP contribution in [0.25, 0.3) is 0 Å². The van der Waals surface area contributed by atoms with Crippen molar-refractivity contribution in [2.45, 2.75) is 32.3 Å². The SMILES string of the molecule is COCc1cnc(C)nc1C1CCCN(C(=O)COc2ccccc2)C1. The van der Waals surface area contributed by atoms with Crippen LogP contribution in [-0.4, -0.2) is 47.6 Å². The molecule has 1 aliphatic rings. The molecule has 1 amide bonds. The Morgan fingerprint density at radius 1 is 1.31 bits per heavy atom. The van der Waals surface area contributed by atoms with Gasteiger partial charge in [0.1, 0.15) is 11.6 Å². The van der Waals surface area contributed by atoms with Crippen molar-refractivity contribution in [3.05, 3.63) is 53.6 Å². The van der Waals surface area contributed by atoms with E-state index in [1.54, 1.807) is 7.11 Å². The van der Waals surface area contributed by atoms with Crippen molar-refractivity contribution >= 4 is 5.91 Å². The first-order chi connectivity index (χ1) is 12.7. The van der Waals surface area contributed by atoms with Crippen molar-refractivity contribution in [1.82, 2.24) is 14.9 Å². The highest BCUT2D eigenvalue weighted by atomic mass is 16.5. The smallest absolute Gasteiger partial charge is 0.260 e.